The number of nitriles is 1. The summed E-state index contributed by atoms with van der Waals surface area (Å²) in [7, 11) is -3.50. The maximum atomic E-state index is 11.6. The van der Waals surface area contributed by atoms with Gasteiger partial charge in [-0.05, 0) is 36.2 Å². The van der Waals surface area contributed by atoms with Crippen molar-refractivity contribution in [3.05, 3.63) is 59.0 Å². The van der Waals surface area contributed by atoms with E-state index in [0.717, 1.165) is 11.8 Å². The first-order valence-corrected chi connectivity index (χ1v) is 12.0. The molecule has 4 rings (SSSR count). The standard InChI is InChI=1S/C20H15ClN6O2S2/c1-11-3-4-13(15(21)7-11)17-14(9-22)18(30-19(17)20-24-10-25-26-20)12-5-6-23-16(8-12)27-31(2,28)29/h3-8,10H,1-2H3,(H,23,27)(H,24,25,26). The molecule has 4 aromatic rings. The van der Waals surface area contributed by atoms with E-state index in [2.05, 4.69) is 31.0 Å². The number of rotatable bonds is 5. The highest BCUT2D eigenvalue weighted by atomic mass is 35.5. The topological polar surface area (TPSA) is 124 Å². The number of H-pyrrole nitrogens is 1. The van der Waals surface area contributed by atoms with Gasteiger partial charge in [0.05, 0.1) is 21.6 Å². The lowest BCUT2D eigenvalue weighted by atomic mass is 9.97. The molecule has 3 aromatic heterocycles. The third kappa shape index (κ3) is 4.29. The smallest absolute Gasteiger partial charge is 0.230 e. The Morgan fingerprint density at radius 2 is 2.00 bits per heavy atom. The van der Waals surface area contributed by atoms with Crippen molar-refractivity contribution >= 4 is 38.8 Å². The van der Waals surface area contributed by atoms with Crippen molar-refractivity contribution in [3.63, 3.8) is 0 Å². The quantitative estimate of drug-likeness (QED) is 0.443. The summed E-state index contributed by atoms with van der Waals surface area (Å²) in [5, 5.41) is 17.4. The molecule has 0 unspecified atom stereocenters. The molecular weight excluding hydrogens is 456 g/mol. The number of aromatic amines is 1. The number of aryl methyl sites for hydroxylation is 1. The van der Waals surface area contributed by atoms with E-state index < -0.39 is 10.0 Å². The highest BCUT2D eigenvalue weighted by Crippen LogP contribution is 2.48. The van der Waals surface area contributed by atoms with Gasteiger partial charge in [0.2, 0.25) is 10.0 Å². The number of nitrogens with one attached hydrogen (secondary N) is 2. The first kappa shape index (κ1) is 21.0. The molecule has 0 aliphatic carbocycles. The van der Waals surface area contributed by atoms with Crippen LogP contribution in [-0.2, 0) is 10.0 Å². The second-order valence-electron chi connectivity index (χ2n) is 6.74. The van der Waals surface area contributed by atoms with Crippen LogP contribution in [0.1, 0.15) is 11.1 Å². The van der Waals surface area contributed by atoms with Gasteiger partial charge in [-0.1, -0.05) is 23.7 Å². The lowest BCUT2D eigenvalue weighted by molar-refractivity contribution is 0.606. The van der Waals surface area contributed by atoms with Gasteiger partial charge in [-0.2, -0.15) is 10.4 Å². The van der Waals surface area contributed by atoms with Crippen molar-refractivity contribution in [2.45, 2.75) is 6.92 Å². The number of hydrogen-bond acceptors (Lipinski definition) is 7. The fourth-order valence-corrected chi connectivity index (χ4v) is 5.15. The summed E-state index contributed by atoms with van der Waals surface area (Å²) in [6.07, 6.45) is 3.92. The van der Waals surface area contributed by atoms with E-state index in [-0.39, 0.29) is 5.82 Å². The third-order valence-corrected chi connectivity index (χ3v) is 6.49. The van der Waals surface area contributed by atoms with Crippen LogP contribution in [0.15, 0.2) is 42.9 Å². The molecular formula is C20H15ClN6O2S2. The molecule has 0 fully saturated rings. The summed E-state index contributed by atoms with van der Waals surface area (Å²) >= 11 is 7.88. The summed E-state index contributed by atoms with van der Waals surface area (Å²) in [6, 6.07) is 11.2. The van der Waals surface area contributed by atoms with E-state index >= 15 is 0 Å². The molecule has 1 aromatic carbocycles. The molecule has 3 heterocycles. The molecule has 0 atom stereocenters. The second-order valence-corrected chi connectivity index (χ2v) is 9.92. The molecule has 156 valence electrons. The Labute approximate surface area is 187 Å². The number of benzene rings is 1. The number of pyridine rings is 1. The molecule has 0 radical (unpaired) electrons. The monoisotopic (exact) mass is 470 g/mol. The Morgan fingerprint density at radius 3 is 2.65 bits per heavy atom. The Hall–Kier alpha value is -3.26. The van der Waals surface area contributed by atoms with Gasteiger partial charge in [-0.3, -0.25) is 9.82 Å². The summed E-state index contributed by atoms with van der Waals surface area (Å²) in [6.45, 7) is 1.94. The average Bonchev–Trinajstić information content (AvgIpc) is 3.34. The van der Waals surface area contributed by atoms with Crippen LogP contribution in [0.2, 0.25) is 5.02 Å². The van der Waals surface area contributed by atoms with Gasteiger partial charge in [-0.15, -0.1) is 11.3 Å². The first-order valence-electron chi connectivity index (χ1n) is 8.90. The van der Waals surface area contributed by atoms with Crippen LogP contribution in [0.3, 0.4) is 0 Å². The lowest BCUT2D eigenvalue weighted by Gasteiger charge is -2.07. The molecule has 11 heteroatoms. The molecule has 0 spiro atoms. The van der Waals surface area contributed by atoms with E-state index in [0.29, 0.717) is 42.9 Å². The SMILES string of the molecule is Cc1ccc(-c2c(-c3ncn[nH]3)sc(-c3ccnc(NS(C)(=O)=O)c3)c2C#N)c(Cl)c1. The maximum Gasteiger partial charge on any atom is 0.230 e. The zero-order chi connectivity index (χ0) is 22.2. The first-order chi connectivity index (χ1) is 14.8. The van der Waals surface area contributed by atoms with Gasteiger partial charge in [-0.25, -0.2) is 18.4 Å². The van der Waals surface area contributed by atoms with Gasteiger partial charge < -0.3 is 0 Å². The minimum Gasteiger partial charge on any atom is -0.268 e. The van der Waals surface area contributed by atoms with Crippen molar-refractivity contribution < 1.29 is 8.42 Å². The normalized spacial score (nSPS) is 11.3. The molecule has 8 nitrogen and oxygen atoms in total. The molecule has 0 aliphatic rings. The maximum absolute atomic E-state index is 11.6. The number of aromatic nitrogens is 4. The Bertz CT molecular complexity index is 1420. The molecule has 31 heavy (non-hydrogen) atoms. The minimum atomic E-state index is -3.50. The van der Waals surface area contributed by atoms with E-state index in [4.69, 9.17) is 11.6 Å². The zero-order valence-electron chi connectivity index (χ0n) is 16.3. The van der Waals surface area contributed by atoms with Gasteiger partial charge in [0.1, 0.15) is 18.2 Å². The summed E-state index contributed by atoms with van der Waals surface area (Å²) in [4.78, 5) is 9.64. The second kappa shape index (κ2) is 8.11. The predicted octanol–water partition coefficient (Wildman–Crippen LogP) is 4.47. The number of halogens is 1. The Kier molecular flexibility index (Phi) is 5.49. The van der Waals surface area contributed by atoms with Crippen LogP contribution in [0.5, 0.6) is 0 Å². The van der Waals surface area contributed by atoms with Crippen molar-refractivity contribution in [2.24, 2.45) is 0 Å². The Balaban J connectivity index is 1.98. The number of sulfonamides is 1. The molecule has 2 N–H and O–H groups in total. The van der Waals surface area contributed by atoms with E-state index in [1.807, 2.05) is 25.1 Å². The van der Waals surface area contributed by atoms with Crippen LogP contribution < -0.4 is 4.72 Å². The van der Waals surface area contributed by atoms with Crippen LogP contribution in [-0.4, -0.2) is 34.8 Å². The molecule has 0 saturated heterocycles. The van der Waals surface area contributed by atoms with Crippen molar-refractivity contribution in [1.29, 1.82) is 5.26 Å². The number of hydrogen-bond donors (Lipinski definition) is 2. The average molecular weight is 471 g/mol. The molecule has 0 bridgehead atoms. The fourth-order valence-electron chi connectivity index (χ4n) is 3.12. The highest BCUT2D eigenvalue weighted by Gasteiger charge is 2.25. The van der Waals surface area contributed by atoms with Crippen molar-refractivity contribution in [2.75, 3.05) is 11.0 Å². The van der Waals surface area contributed by atoms with E-state index in [1.165, 1.54) is 23.9 Å². The van der Waals surface area contributed by atoms with Crippen LogP contribution in [0.4, 0.5) is 5.82 Å². The fraction of sp³-hybridized carbons (Fsp3) is 0.100. The summed E-state index contributed by atoms with van der Waals surface area (Å²) in [5.74, 6) is 0.663. The van der Waals surface area contributed by atoms with E-state index in [1.54, 1.807) is 12.1 Å². The molecule has 0 aliphatic heterocycles. The lowest BCUT2D eigenvalue weighted by Crippen LogP contribution is -2.10. The van der Waals surface area contributed by atoms with Crippen molar-refractivity contribution in [1.82, 2.24) is 20.2 Å². The third-order valence-electron chi connectivity index (χ3n) is 4.36. The van der Waals surface area contributed by atoms with Crippen molar-refractivity contribution in [3.8, 4) is 38.3 Å². The Morgan fingerprint density at radius 1 is 1.19 bits per heavy atom. The van der Waals surface area contributed by atoms with Crippen LogP contribution in [0.25, 0.3) is 32.3 Å². The molecule has 0 saturated carbocycles. The minimum absolute atomic E-state index is 0.161. The highest BCUT2D eigenvalue weighted by molar-refractivity contribution is 7.92. The largest absolute Gasteiger partial charge is 0.268 e. The summed E-state index contributed by atoms with van der Waals surface area (Å²) in [5.41, 5.74) is 3.37. The molecule has 0 amide bonds. The predicted molar refractivity (Wildman–Crippen MR) is 121 cm³/mol. The van der Waals surface area contributed by atoms with E-state index in [9.17, 15) is 13.7 Å². The number of nitrogens with zero attached hydrogens (tertiary/aromatic N) is 4. The van der Waals surface area contributed by atoms with Gasteiger partial charge in [0.25, 0.3) is 0 Å². The summed E-state index contributed by atoms with van der Waals surface area (Å²) < 4.78 is 25.6. The van der Waals surface area contributed by atoms with Crippen LogP contribution in [0, 0.1) is 18.3 Å². The zero-order valence-corrected chi connectivity index (χ0v) is 18.7. The van der Waals surface area contributed by atoms with Gasteiger partial charge >= 0.3 is 0 Å². The van der Waals surface area contributed by atoms with Crippen LogP contribution >= 0.6 is 22.9 Å². The number of thiophene rings is 1. The van der Waals surface area contributed by atoms with Gasteiger partial charge in [0.15, 0.2) is 5.82 Å². The van der Waals surface area contributed by atoms with Gasteiger partial charge in [0, 0.05) is 22.3 Å². The number of anilines is 1.